The van der Waals surface area contributed by atoms with Gasteiger partial charge in [-0.3, -0.25) is 4.79 Å². The SMILES string of the molecule is C=C1C=CC(=O)N1C(C)CCC. The number of rotatable bonds is 3. The maximum Gasteiger partial charge on any atom is 0.251 e. The van der Waals surface area contributed by atoms with Gasteiger partial charge in [-0.15, -0.1) is 0 Å². The van der Waals surface area contributed by atoms with E-state index in [-0.39, 0.29) is 11.9 Å². The molecule has 0 aromatic heterocycles. The molecule has 0 fully saturated rings. The lowest BCUT2D eigenvalue weighted by molar-refractivity contribution is -0.124. The maximum absolute atomic E-state index is 11.3. The van der Waals surface area contributed by atoms with Crippen molar-refractivity contribution >= 4 is 5.91 Å². The van der Waals surface area contributed by atoms with Crippen molar-refractivity contribution in [2.24, 2.45) is 0 Å². The minimum atomic E-state index is 0.0703. The fourth-order valence-electron chi connectivity index (χ4n) is 1.52. The largest absolute Gasteiger partial charge is 0.307 e. The normalized spacial score (nSPS) is 19.0. The number of hydrogen-bond acceptors (Lipinski definition) is 1. The second-order valence-corrected chi connectivity index (χ2v) is 3.17. The first-order chi connectivity index (χ1) is 5.66. The van der Waals surface area contributed by atoms with Gasteiger partial charge < -0.3 is 4.90 Å². The summed E-state index contributed by atoms with van der Waals surface area (Å²) in [5.74, 6) is 0.0703. The quantitative estimate of drug-likeness (QED) is 0.627. The monoisotopic (exact) mass is 165 g/mol. The summed E-state index contributed by atoms with van der Waals surface area (Å²) in [7, 11) is 0. The van der Waals surface area contributed by atoms with E-state index in [4.69, 9.17) is 0 Å². The minimum absolute atomic E-state index is 0.0703. The van der Waals surface area contributed by atoms with E-state index in [1.165, 1.54) is 0 Å². The molecule has 1 aliphatic heterocycles. The molecule has 0 saturated carbocycles. The van der Waals surface area contributed by atoms with Gasteiger partial charge in [0, 0.05) is 17.8 Å². The third-order valence-corrected chi connectivity index (χ3v) is 2.11. The second-order valence-electron chi connectivity index (χ2n) is 3.17. The highest BCUT2D eigenvalue weighted by Gasteiger charge is 2.23. The van der Waals surface area contributed by atoms with Crippen LogP contribution < -0.4 is 0 Å². The molecule has 1 atom stereocenters. The smallest absolute Gasteiger partial charge is 0.251 e. The van der Waals surface area contributed by atoms with E-state index in [1.807, 2.05) is 0 Å². The van der Waals surface area contributed by atoms with Crippen LogP contribution in [0.3, 0.4) is 0 Å². The summed E-state index contributed by atoms with van der Waals surface area (Å²) < 4.78 is 0. The topological polar surface area (TPSA) is 20.3 Å². The Labute approximate surface area is 73.6 Å². The van der Waals surface area contributed by atoms with E-state index in [2.05, 4.69) is 20.4 Å². The zero-order valence-electron chi connectivity index (χ0n) is 7.71. The van der Waals surface area contributed by atoms with Crippen LogP contribution in [-0.2, 0) is 4.79 Å². The van der Waals surface area contributed by atoms with Crippen molar-refractivity contribution in [2.75, 3.05) is 0 Å². The minimum Gasteiger partial charge on any atom is -0.307 e. The van der Waals surface area contributed by atoms with Crippen molar-refractivity contribution in [2.45, 2.75) is 32.7 Å². The van der Waals surface area contributed by atoms with Gasteiger partial charge in [-0.05, 0) is 19.4 Å². The molecule has 1 unspecified atom stereocenters. The van der Waals surface area contributed by atoms with Gasteiger partial charge >= 0.3 is 0 Å². The van der Waals surface area contributed by atoms with Crippen LogP contribution in [0.2, 0.25) is 0 Å². The maximum atomic E-state index is 11.3. The molecule has 1 amide bonds. The summed E-state index contributed by atoms with van der Waals surface area (Å²) in [4.78, 5) is 13.0. The highest BCUT2D eigenvalue weighted by molar-refractivity contribution is 5.93. The molecular weight excluding hydrogens is 150 g/mol. The van der Waals surface area contributed by atoms with Crippen molar-refractivity contribution in [1.29, 1.82) is 0 Å². The van der Waals surface area contributed by atoms with E-state index in [0.29, 0.717) is 0 Å². The van der Waals surface area contributed by atoms with Crippen molar-refractivity contribution in [1.82, 2.24) is 4.90 Å². The Kier molecular flexibility index (Phi) is 2.69. The summed E-state index contributed by atoms with van der Waals surface area (Å²) in [6.07, 6.45) is 5.48. The van der Waals surface area contributed by atoms with Crippen LogP contribution in [0.25, 0.3) is 0 Å². The van der Waals surface area contributed by atoms with Gasteiger partial charge in [0.2, 0.25) is 0 Å². The van der Waals surface area contributed by atoms with Crippen molar-refractivity contribution in [3.8, 4) is 0 Å². The number of nitrogens with zero attached hydrogens (tertiary/aromatic N) is 1. The summed E-state index contributed by atoms with van der Waals surface area (Å²) in [5, 5.41) is 0. The van der Waals surface area contributed by atoms with Gasteiger partial charge in [0.05, 0.1) is 0 Å². The lowest BCUT2D eigenvalue weighted by atomic mass is 10.1. The Morgan fingerprint density at radius 1 is 1.58 bits per heavy atom. The van der Waals surface area contributed by atoms with Crippen molar-refractivity contribution in [3.05, 3.63) is 24.4 Å². The fraction of sp³-hybridized carbons (Fsp3) is 0.500. The van der Waals surface area contributed by atoms with Crippen LogP contribution in [0.4, 0.5) is 0 Å². The molecule has 1 aliphatic rings. The van der Waals surface area contributed by atoms with Gasteiger partial charge in [-0.25, -0.2) is 0 Å². The summed E-state index contributed by atoms with van der Waals surface area (Å²) in [5.41, 5.74) is 0.820. The molecule has 0 aromatic rings. The van der Waals surface area contributed by atoms with Gasteiger partial charge in [0.15, 0.2) is 0 Å². The first-order valence-electron chi connectivity index (χ1n) is 4.37. The van der Waals surface area contributed by atoms with Crippen LogP contribution in [0.1, 0.15) is 26.7 Å². The molecule has 0 N–H and O–H groups in total. The summed E-state index contributed by atoms with van der Waals surface area (Å²) in [6.45, 7) is 7.98. The Hall–Kier alpha value is -1.05. The summed E-state index contributed by atoms with van der Waals surface area (Å²) >= 11 is 0. The predicted molar refractivity (Wildman–Crippen MR) is 49.5 cm³/mol. The number of carbonyl (C=O) groups excluding carboxylic acids is 1. The average Bonchev–Trinajstić information content (AvgIpc) is 2.32. The van der Waals surface area contributed by atoms with Gasteiger partial charge in [-0.1, -0.05) is 19.9 Å². The van der Waals surface area contributed by atoms with Gasteiger partial charge in [0.1, 0.15) is 0 Å². The zero-order chi connectivity index (χ0) is 9.14. The Morgan fingerprint density at radius 3 is 2.67 bits per heavy atom. The summed E-state index contributed by atoms with van der Waals surface area (Å²) in [6, 6.07) is 0.282. The van der Waals surface area contributed by atoms with E-state index in [9.17, 15) is 4.79 Å². The Balaban J connectivity index is 2.63. The zero-order valence-corrected chi connectivity index (χ0v) is 7.71. The van der Waals surface area contributed by atoms with Crippen LogP contribution in [0, 0.1) is 0 Å². The lowest BCUT2D eigenvalue weighted by Gasteiger charge is -2.24. The molecule has 1 rings (SSSR count). The van der Waals surface area contributed by atoms with E-state index < -0.39 is 0 Å². The number of allylic oxidation sites excluding steroid dienone is 1. The standard InChI is InChI=1S/C10H15NO/c1-4-5-8(2)11-9(3)6-7-10(11)12/h6-8H,3-5H2,1-2H3. The molecule has 0 radical (unpaired) electrons. The van der Waals surface area contributed by atoms with Gasteiger partial charge in [0.25, 0.3) is 5.91 Å². The van der Waals surface area contributed by atoms with Crippen LogP contribution >= 0.6 is 0 Å². The first-order valence-corrected chi connectivity index (χ1v) is 4.37. The second kappa shape index (κ2) is 3.57. The highest BCUT2D eigenvalue weighted by atomic mass is 16.2. The van der Waals surface area contributed by atoms with Crippen molar-refractivity contribution < 1.29 is 4.79 Å². The molecule has 1 heterocycles. The molecule has 0 bridgehead atoms. The third-order valence-electron chi connectivity index (χ3n) is 2.11. The van der Waals surface area contributed by atoms with Crippen LogP contribution in [0.5, 0.6) is 0 Å². The van der Waals surface area contributed by atoms with Crippen LogP contribution in [0.15, 0.2) is 24.4 Å². The molecule has 2 heteroatoms. The molecule has 0 aromatic carbocycles. The Bertz CT molecular complexity index is 212. The number of carbonyl (C=O) groups is 1. The first kappa shape index (κ1) is 9.04. The number of hydrogen-bond donors (Lipinski definition) is 0. The van der Waals surface area contributed by atoms with Gasteiger partial charge in [-0.2, -0.15) is 0 Å². The van der Waals surface area contributed by atoms with E-state index in [0.717, 1.165) is 18.5 Å². The lowest BCUT2D eigenvalue weighted by Crippen LogP contribution is -2.32. The Morgan fingerprint density at radius 2 is 2.25 bits per heavy atom. The van der Waals surface area contributed by atoms with E-state index >= 15 is 0 Å². The van der Waals surface area contributed by atoms with Crippen LogP contribution in [-0.4, -0.2) is 16.8 Å². The average molecular weight is 165 g/mol. The fourth-order valence-corrected chi connectivity index (χ4v) is 1.52. The third kappa shape index (κ3) is 1.58. The molecule has 0 saturated heterocycles. The molecule has 0 spiro atoms. The molecular formula is C10H15NO. The highest BCUT2D eigenvalue weighted by Crippen LogP contribution is 2.19. The number of amides is 1. The van der Waals surface area contributed by atoms with Crippen molar-refractivity contribution in [3.63, 3.8) is 0 Å². The molecule has 0 aliphatic carbocycles. The molecule has 2 nitrogen and oxygen atoms in total. The van der Waals surface area contributed by atoms with E-state index in [1.54, 1.807) is 17.1 Å². The predicted octanol–water partition coefficient (Wildman–Crippen LogP) is 2.09. The molecule has 66 valence electrons. The molecule has 12 heavy (non-hydrogen) atoms.